The second-order valence-electron chi connectivity index (χ2n) is 27.1. The summed E-state index contributed by atoms with van der Waals surface area (Å²) in [4.78, 5) is 80.5. The Morgan fingerprint density at radius 1 is 0.647 bits per heavy atom. The lowest BCUT2D eigenvalue weighted by Crippen LogP contribution is -2.50. The lowest BCUT2D eigenvalue weighted by Gasteiger charge is -2.44. The predicted octanol–water partition coefficient (Wildman–Crippen LogP) is 14.2. The molecule has 0 aromatic heterocycles. The Hall–Kier alpha value is -7.51. The fourth-order valence-corrected chi connectivity index (χ4v) is 14.7. The van der Waals surface area contributed by atoms with Crippen LogP contribution < -0.4 is 10.2 Å². The van der Waals surface area contributed by atoms with Gasteiger partial charge < -0.3 is 48.5 Å². The molecule has 4 aliphatic heterocycles. The Labute approximate surface area is 610 Å². The zero-order chi connectivity index (χ0) is 70.1. The van der Waals surface area contributed by atoms with Gasteiger partial charge in [-0.2, -0.15) is 26.3 Å². The van der Waals surface area contributed by atoms with Gasteiger partial charge in [0.05, 0.1) is 29.5 Å². The highest BCUT2D eigenvalue weighted by molar-refractivity contribution is 5.97. The van der Waals surface area contributed by atoms with E-state index >= 15 is 0 Å². The van der Waals surface area contributed by atoms with Crippen molar-refractivity contribution in [1.29, 1.82) is 0 Å². The number of likely N-dealkylation sites (N-methyl/N-ethyl adjacent to an activating group) is 2. The number of amides is 5. The van der Waals surface area contributed by atoms with E-state index in [0.717, 1.165) is 91.1 Å². The molecule has 1 N–H and O–H groups in total. The number of anilines is 2. The van der Waals surface area contributed by atoms with Gasteiger partial charge in [-0.3, -0.25) is 24.5 Å². The molecule has 4 heterocycles. The van der Waals surface area contributed by atoms with Crippen LogP contribution >= 0.6 is 37.2 Å². The number of nitrogens with one attached hydrogen (secondary N) is 1. The Morgan fingerprint density at radius 2 is 1.30 bits per heavy atom. The molecule has 26 heteroatoms. The first-order valence-electron chi connectivity index (χ1n) is 34.3. The Balaban J connectivity index is 0.00000440. The van der Waals surface area contributed by atoms with E-state index in [2.05, 4.69) is 38.2 Å². The van der Waals surface area contributed by atoms with Crippen LogP contribution in [-0.2, 0) is 60.0 Å². The van der Waals surface area contributed by atoms with Crippen LogP contribution in [-0.4, -0.2) is 184 Å². The van der Waals surface area contributed by atoms with Crippen molar-refractivity contribution >= 4 is 78.3 Å². The highest BCUT2D eigenvalue weighted by Crippen LogP contribution is 2.49. The highest BCUT2D eigenvalue weighted by atomic mass is 35.5. The molecule has 6 aromatic rings. The van der Waals surface area contributed by atoms with E-state index in [9.17, 15) is 54.7 Å². The molecule has 552 valence electrons. The molecular formula is C76H90Cl3F7N8O8. The number of piperidine rings is 2. The summed E-state index contributed by atoms with van der Waals surface area (Å²) in [6.07, 6.45) is -3.15. The van der Waals surface area contributed by atoms with E-state index in [1.807, 2.05) is 103 Å². The molecule has 0 saturated carbocycles. The van der Waals surface area contributed by atoms with Gasteiger partial charge in [-0.15, -0.1) is 37.2 Å². The molecule has 6 aromatic carbocycles. The first-order valence-corrected chi connectivity index (χ1v) is 34.3. The minimum atomic E-state index is -5.15. The zero-order valence-corrected chi connectivity index (χ0v) is 60.0. The van der Waals surface area contributed by atoms with Crippen molar-refractivity contribution in [1.82, 2.24) is 29.4 Å². The molecule has 11 rings (SSSR count). The van der Waals surface area contributed by atoms with Crippen LogP contribution in [0.3, 0.4) is 0 Å². The number of benzene rings is 6. The van der Waals surface area contributed by atoms with E-state index in [1.54, 1.807) is 11.9 Å². The van der Waals surface area contributed by atoms with E-state index in [0.29, 0.717) is 113 Å². The van der Waals surface area contributed by atoms with Gasteiger partial charge in [0, 0.05) is 114 Å². The molecule has 0 bridgehead atoms. The van der Waals surface area contributed by atoms with Crippen molar-refractivity contribution in [2.45, 2.75) is 113 Å². The number of alkyl halides is 6. The number of halogens is 10. The van der Waals surface area contributed by atoms with Crippen molar-refractivity contribution in [2.24, 2.45) is 0 Å². The monoisotopic (exact) mass is 1480 g/mol. The number of nitrogens with zero attached hydrogens (tertiary/aromatic N) is 7. The van der Waals surface area contributed by atoms with E-state index < -0.39 is 64.6 Å². The van der Waals surface area contributed by atoms with Gasteiger partial charge in [0.25, 0.3) is 11.8 Å². The van der Waals surface area contributed by atoms with Crippen molar-refractivity contribution in [3.05, 3.63) is 190 Å². The van der Waals surface area contributed by atoms with Gasteiger partial charge in [0.2, 0.25) is 11.8 Å². The van der Waals surface area contributed by atoms with Crippen molar-refractivity contribution in [3.63, 3.8) is 0 Å². The normalized spacial score (nSPS) is 18.3. The third-order valence-electron chi connectivity index (χ3n) is 20.7. The topological polar surface area (TPSA) is 148 Å². The number of hydrogen-bond acceptors (Lipinski definition) is 11. The van der Waals surface area contributed by atoms with Crippen molar-refractivity contribution < 1.29 is 68.9 Å². The summed E-state index contributed by atoms with van der Waals surface area (Å²) < 4.78 is 116. The fourth-order valence-electron chi connectivity index (χ4n) is 14.7. The van der Waals surface area contributed by atoms with Gasteiger partial charge in [0.1, 0.15) is 30.9 Å². The van der Waals surface area contributed by atoms with E-state index in [1.165, 1.54) is 29.8 Å². The molecule has 0 unspecified atom stereocenters. The first kappa shape index (κ1) is 80.2. The van der Waals surface area contributed by atoms with Crippen LogP contribution in [0.2, 0.25) is 0 Å². The van der Waals surface area contributed by atoms with Crippen LogP contribution in [0.25, 0.3) is 11.1 Å². The lowest BCUT2D eigenvalue weighted by molar-refractivity contribution is -0.143. The van der Waals surface area contributed by atoms with Crippen LogP contribution in [0.4, 0.5) is 46.9 Å². The number of unbranched alkanes of at least 4 members (excludes halogenated alkanes) is 2. The number of ether oxygens (including phenoxy) is 3. The Bertz CT molecular complexity index is 3790. The minimum Gasteiger partial charge on any atom is -0.446 e. The molecule has 3 fully saturated rings. The van der Waals surface area contributed by atoms with Gasteiger partial charge in [-0.05, 0) is 160 Å². The Morgan fingerprint density at radius 3 is 2.01 bits per heavy atom. The number of carbonyl (C=O) groups is 5. The van der Waals surface area contributed by atoms with Gasteiger partial charge in [0.15, 0.2) is 0 Å². The molecule has 102 heavy (non-hydrogen) atoms. The van der Waals surface area contributed by atoms with Crippen molar-refractivity contribution in [2.75, 3.05) is 123 Å². The SMILES string of the molecule is CN(CCN1CCC(OC(=O)Nc2ccccc2-c2ccccc2)CC1)C(=O)CCCCCN(C)c1ccc2c(c1)CCN(CCCN(C)C(=O)CO[C@H]1Cc3ccccc3C13CCN(CC[C@]1(c4ccc(F)cc4)CN(C(=O)c4cc(C(F)(F)F)cc(C(F)(F)F)c4)CO1)CC3)C2=O.Cl.Cl.Cl. The molecule has 5 aliphatic rings. The predicted molar refractivity (Wildman–Crippen MR) is 384 cm³/mol. The summed E-state index contributed by atoms with van der Waals surface area (Å²) in [5.74, 6) is -1.68. The number of carbonyl (C=O) groups excluding carboxylic acids is 5. The summed E-state index contributed by atoms with van der Waals surface area (Å²) >= 11 is 0. The summed E-state index contributed by atoms with van der Waals surface area (Å²) in [7, 11) is 5.65. The number of fused-ring (bicyclic) bond motifs is 3. The zero-order valence-electron chi connectivity index (χ0n) is 57.6. The standard InChI is InChI=1S/C76H87F7N8O8.3ClH/c1-85(34-13-5-8-21-68(92)87(3)43-44-88-37-29-62(30-38-88)99-72(96)84-66-20-12-10-18-63(66)53-15-6-4-7-16-53)61-26-27-64-54(47-61)28-39-90(71(64)95)36-14-35-86(2)69(93)50-97-67-48-55-17-9-11-19-65(55)73(67)31-40-89(41-32-73)42-33-74(57-22-24-60(77)25-23-57)51-91(52-98-74)70(94)56-45-58(75(78,79)80)49-59(46-56)76(81,82)83;;;/h4,6-7,9-12,15-20,22-27,45-47,49,62,67H,5,8,13-14,21,28-44,48,50-52H2,1-3H3,(H,84,96);3*1H/t67-,74+;;;/m0.../s1. The molecule has 3 saturated heterocycles. The van der Waals surface area contributed by atoms with E-state index in [4.69, 9.17) is 14.2 Å². The van der Waals surface area contributed by atoms with Crippen LogP contribution in [0.1, 0.15) is 118 Å². The average molecular weight is 1480 g/mol. The first-order chi connectivity index (χ1) is 47.4. The van der Waals surface area contributed by atoms with Crippen LogP contribution in [0.15, 0.2) is 140 Å². The third-order valence-corrected chi connectivity index (χ3v) is 20.7. The average Bonchev–Trinajstić information content (AvgIpc) is 1.59. The number of likely N-dealkylation sites (tertiary alicyclic amines) is 2. The smallest absolute Gasteiger partial charge is 0.416 e. The second-order valence-corrected chi connectivity index (χ2v) is 27.1. The molecule has 1 aliphatic carbocycles. The number of hydrogen-bond donors (Lipinski definition) is 1. The van der Waals surface area contributed by atoms with Gasteiger partial charge in [-0.1, -0.05) is 91.3 Å². The lowest BCUT2D eigenvalue weighted by atomic mass is 9.72. The largest absolute Gasteiger partial charge is 0.446 e. The number of para-hydroxylation sites is 1. The summed E-state index contributed by atoms with van der Waals surface area (Å²) in [6.45, 7) is 6.12. The maximum absolute atomic E-state index is 14.3. The van der Waals surface area contributed by atoms with Crippen LogP contribution in [0.5, 0.6) is 0 Å². The molecule has 0 radical (unpaired) electrons. The fraction of sp³-hybridized carbons (Fsp3) is 0.461. The minimum absolute atomic E-state index is 0. The molecular weight excluding hydrogens is 1390 g/mol. The highest BCUT2D eigenvalue weighted by Gasteiger charge is 2.50. The summed E-state index contributed by atoms with van der Waals surface area (Å²) in [5, 5.41) is 2.94. The second kappa shape index (κ2) is 35.3. The van der Waals surface area contributed by atoms with Crippen LogP contribution in [0, 0.1) is 5.82 Å². The molecule has 2 atom stereocenters. The molecule has 16 nitrogen and oxygen atoms in total. The molecule has 1 spiro atoms. The van der Waals surface area contributed by atoms with Gasteiger partial charge in [-0.25, -0.2) is 9.18 Å². The third kappa shape index (κ3) is 19.5. The number of rotatable bonds is 25. The maximum atomic E-state index is 14.3. The maximum Gasteiger partial charge on any atom is 0.416 e. The summed E-state index contributed by atoms with van der Waals surface area (Å²) in [6, 6.07) is 38.0. The quantitative estimate of drug-likeness (QED) is 0.0431. The van der Waals surface area contributed by atoms with E-state index in [-0.39, 0.29) is 92.8 Å². The van der Waals surface area contributed by atoms with Crippen molar-refractivity contribution in [3.8, 4) is 11.1 Å². The Kier molecular flexibility index (Phi) is 27.8. The summed E-state index contributed by atoms with van der Waals surface area (Å²) in [5.41, 5.74) is 2.52. The van der Waals surface area contributed by atoms with Gasteiger partial charge >= 0.3 is 18.4 Å². The molecule has 5 amide bonds.